The lowest BCUT2D eigenvalue weighted by Gasteiger charge is -2.18. The van der Waals surface area contributed by atoms with Crippen molar-refractivity contribution in [1.29, 1.82) is 0 Å². The van der Waals surface area contributed by atoms with Crippen LogP contribution in [0.1, 0.15) is 18.5 Å². The van der Waals surface area contributed by atoms with E-state index < -0.39 is 31.4 Å². The number of fused-ring (bicyclic) bond motifs is 1. The summed E-state index contributed by atoms with van der Waals surface area (Å²) in [6.45, 7) is 4.60. The van der Waals surface area contributed by atoms with E-state index in [9.17, 15) is 15.0 Å². The van der Waals surface area contributed by atoms with Crippen LogP contribution < -0.4 is 5.56 Å². The van der Waals surface area contributed by atoms with Crippen LogP contribution in [0.3, 0.4) is 0 Å². The third-order valence-electron chi connectivity index (χ3n) is 4.31. The Morgan fingerprint density at radius 2 is 2.04 bits per heavy atom. The Labute approximate surface area is 149 Å². The van der Waals surface area contributed by atoms with Gasteiger partial charge in [0.2, 0.25) is 0 Å². The van der Waals surface area contributed by atoms with Gasteiger partial charge in [-0.05, 0) is 45.1 Å². The third-order valence-corrected chi connectivity index (χ3v) is 6.08. The lowest BCUT2D eigenvalue weighted by molar-refractivity contribution is -0.0360. The molecule has 2 aromatic heterocycles. The molecule has 138 valence electrons. The van der Waals surface area contributed by atoms with Crippen molar-refractivity contribution in [2.45, 2.75) is 37.9 Å². The van der Waals surface area contributed by atoms with E-state index in [2.05, 4.69) is 34.6 Å². The molecule has 25 heavy (non-hydrogen) atoms. The average Bonchev–Trinajstić information content (AvgIpc) is 2.95. The minimum Gasteiger partial charge on any atom is -0.388 e. The van der Waals surface area contributed by atoms with Crippen LogP contribution in [0.4, 0.5) is 0 Å². The highest BCUT2D eigenvalue weighted by Crippen LogP contribution is 2.39. The van der Waals surface area contributed by atoms with Crippen molar-refractivity contribution < 1.29 is 14.9 Å². The molecule has 10 heteroatoms. The normalized spacial score (nSPS) is 27.2. The molecular formula is C15H23N4O4PS. The molecule has 0 amide bonds. The van der Waals surface area contributed by atoms with E-state index in [1.165, 1.54) is 4.57 Å². The molecule has 8 nitrogen and oxygen atoms in total. The fourth-order valence-electron chi connectivity index (χ4n) is 3.02. The van der Waals surface area contributed by atoms with Crippen molar-refractivity contribution in [2.24, 2.45) is 0 Å². The minimum absolute atomic E-state index is 0.209. The third kappa shape index (κ3) is 3.52. The van der Waals surface area contributed by atoms with Crippen LogP contribution in [0, 0.1) is 11.7 Å². The van der Waals surface area contributed by atoms with Crippen molar-refractivity contribution in [3.8, 4) is 0 Å². The molecule has 2 aromatic rings. The number of nitrogens with zero attached hydrogens (tertiary/aromatic N) is 2. The number of H-pyrrole nitrogens is 2. The molecule has 1 saturated heterocycles. The number of hydrogen-bond acceptors (Lipinski definition) is 6. The van der Waals surface area contributed by atoms with Crippen LogP contribution in [0.15, 0.2) is 4.79 Å². The lowest BCUT2D eigenvalue weighted by atomic mass is 10.1. The number of nitrogens with one attached hydrogen (secondary N) is 2. The maximum absolute atomic E-state index is 12.1. The van der Waals surface area contributed by atoms with Gasteiger partial charge in [-0.25, -0.2) is 4.98 Å². The second-order valence-corrected chi connectivity index (χ2v) is 11.8. The number of imidazole rings is 1. The van der Waals surface area contributed by atoms with Crippen LogP contribution in [-0.2, 0) is 4.74 Å². The van der Waals surface area contributed by atoms with Gasteiger partial charge in [-0.1, -0.05) is 0 Å². The van der Waals surface area contributed by atoms with Gasteiger partial charge in [0, 0.05) is 0 Å². The van der Waals surface area contributed by atoms with Gasteiger partial charge in [-0.15, -0.1) is 13.2 Å². The van der Waals surface area contributed by atoms with Gasteiger partial charge in [0.25, 0.3) is 5.56 Å². The Morgan fingerprint density at radius 3 is 2.68 bits per heavy atom. The molecule has 0 radical (unpaired) electrons. The summed E-state index contributed by atoms with van der Waals surface area (Å²) in [5.74, 6) is 0.424. The Morgan fingerprint density at radius 1 is 1.36 bits per heavy atom. The molecule has 0 unspecified atom stereocenters. The van der Waals surface area contributed by atoms with E-state index >= 15 is 0 Å². The Bertz CT molecular complexity index is 959. The van der Waals surface area contributed by atoms with E-state index in [-0.39, 0.29) is 15.8 Å². The number of aliphatic hydroxyl groups excluding tert-OH is 2. The van der Waals surface area contributed by atoms with Crippen molar-refractivity contribution in [3.05, 3.63) is 20.9 Å². The fourth-order valence-corrected chi connectivity index (χ4v) is 4.26. The van der Waals surface area contributed by atoms with E-state index in [1.807, 2.05) is 0 Å². The minimum atomic E-state index is -1.27. The second kappa shape index (κ2) is 6.48. The van der Waals surface area contributed by atoms with E-state index in [1.54, 1.807) is 6.92 Å². The first-order valence-corrected chi connectivity index (χ1v) is 11.4. The number of aliphatic hydroxyl groups is 2. The highest BCUT2D eigenvalue weighted by atomic mass is 32.1. The summed E-state index contributed by atoms with van der Waals surface area (Å²) in [6.07, 6.45) is 1.97. The van der Waals surface area contributed by atoms with E-state index in [4.69, 9.17) is 17.0 Å². The summed E-state index contributed by atoms with van der Waals surface area (Å²) in [5, 5.41) is 20.8. The Kier molecular flexibility index (Phi) is 4.81. The number of rotatable bonds is 4. The van der Waals surface area contributed by atoms with Crippen LogP contribution >= 0.6 is 19.1 Å². The van der Waals surface area contributed by atoms with Crippen LogP contribution in [-0.4, -0.2) is 73.8 Å². The van der Waals surface area contributed by atoms with Gasteiger partial charge in [0.1, 0.15) is 18.0 Å². The zero-order valence-electron chi connectivity index (χ0n) is 14.4. The maximum Gasteiger partial charge on any atom is 0.276 e. The van der Waals surface area contributed by atoms with Crippen LogP contribution in [0.25, 0.3) is 11.2 Å². The Hall–Kier alpha value is -1.25. The summed E-state index contributed by atoms with van der Waals surface area (Å²) in [5.41, 5.74) is 0.169. The smallest absolute Gasteiger partial charge is 0.276 e. The Balaban J connectivity index is 1.98. The van der Waals surface area contributed by atoms with Crippen molar-refractivity contribution in [2.75, 3.05) is 19.5 Å². The van der Waals surface area contributed by atoms with Gasteiger partial charge in [0.15, 0.2) is 22.2 Å². The van der Waals surface area contributed by atoms with E-state index in [0.717, 1.165) is 6.16 Å². The molecule has 3 rings (SSSR count). The van der Waals surface area contributed by atoms with Crippen molar-refractivity contribution in [1.82, 2.24) is 19.5 Å². The number of ether oxygens (including phenoxy) is 1. The largest absolute Gasteiger partial charge is 0.388 e. The molecule has 4 atom stereocenters. The summed E-state index contributed by atoms with van der Waals surface area (Å²) in [6, 6.07) is 0. The van der Waals surface area contributed by atoms with Gasteiger partial charge in [-0.3, -0.25) is 9.36 Å². The molecule has 4 N–H and O–H groups in total. The quantitative estimate of drug-likeness (QED) is 0.457. The molecular weight excluding hydrogens is 363 g/mol. The van der Waals surface area contributed by atoms with Gasteiger partial charge in [0.05, 0.1) is 6.10 Å². The summed E-state index contributed by atoms with van der Waals surface area (Å²) in [7, 11) is 0. The van der Waals surface area contributed by atoms with Crippen molar-refractivity contribution >= 4 is 36.6 Å². The first kappa shape index (κ1) is 18.5. The average molecular weight is 386 g/mol. The molecule has 3 heterocycles. The molecule has 0 aromatic carbocycles. The molecule has 1 aliphatic rings. The summed E-state index contributed by atoms with van der Waals surface area (Å²) >= 11 is 5.28. The summed E-state index contributed by atoms with van der Waals surface area (Å²) < 4.78 is 7.58. The molecule has 1 fully saturated rings. The molecule has 0 bridgehead atoms. The highest BCUT2D eigenvalue weighted by molar-refractivity contribution is 7.72. The van der Waals surface area contributed by atoms with Gasteiger partial charge >= 0.3 is 0 Å². The zero-order chi connectivity index (χ0) is 18.5. The van der Waals surface area contributed by atoms with Gasteiger partial charge < -0.3 is 24.9 Å². The number of aryl methyl sites for hydroxylation is 1. The maximum atomic E-state index is 12.1. The lowest BCUT2D eigenvalue weighted by Crippen LogP contribution is -2.32. The number of hydrogen-bond donors (Lipinski definition) is 4. The van der Waals surface area contributed by atoms with Gasteiger partial charge in [-0.2, -0.15) is 0 Å². The predicted molar refractivity (Wildman–Crippen MR) is 102 cm³/mol. The van der Waals surface area contributed by atoms with Crippen LogP contribution in [0.5, 0.6) is 0 Å². The monoisotopic (exact) mass is 386 g/mol. The summed E-state index contributed by atoms with van der Waals surface area (Å²) in [4.78, 5) is 21.8. The SMILES string of the molecule is C=P(C)(C)CC[C@H]1O[C@@H](n2c(=S)[nH]c3c(=O)[nH]c(C)nc32)[C@H](O)[C@@H]1O. The topological polar surface area (TPSA) is 116 Å². The first-order chi connectivity index (χ1) is 11.6. The standard InChI is InChI=1S/C15H23N4O4PS/c1-7-16-12-9(13(22)17-7)18-15(25)19(12)14-11(21)10(20)8(23-14)5-6-24(2,3)4/h8,10-11,14,20-21H,2,5-6H2,1,3-4H3,(H,18,25)(H,16,17,22)/t8-,10-,11-,14-/m1/s1. The van der Waals surface area contributed by atoms with E-state index in [0.29, 0.717) is 17.9 Å². The molecule has 0 aliphatic carbocycles. The van der Waals surface area contributed by atoms with Crippen molar-refractivity contribution in [3.63, 3.8) is 0 Å². The molecule has 0 saturated carbocycles. The molecule has 0 spiro atoms. The second-order valence-electron chi connectivity index (χ2n) is 7.14. The number of aromatic amines is 2. The zero-order valence-corrected chi connectivity index (χ0v) is 16.1. The van der Waals surface area contributed by atoms with Crippen LogP contribution in [0.2, 0.25) is 0 Å². The first-order valence-electron chi connectivity index (χ1n) is 7.98. The number of aromatic nitrogens is 4. The fraction of sp³-hybridized carbons (Fsp3) is 0.600. The molecule has 1 aliphatic heterocycles. The highest BCUT2D eigenvalue weighted by Gasteiger charge is 2.44. The predicted octanol–water partition coefficient (Wildman–Crippen LogP) is 0.809.